The highest BCUT2D eigenvalue weighted by Crippen LogP contribution is 2.26. The molecule has 0 aliphatic carbocycles. The van der Waals surface area contributed by atoms with Crippen LogP contribution < -0.4 is 4.74 Å². The number of hydrogen-bond acceptors (Lipinski definition) is 3. The number of rotatable bonds is 4. The lowest BCUT2D eigenvalue weighted by Crippen LogP contribution is -2.41. The Labute approximate surface area is 152 Å². The maximum atomic E-state index is 13.3. The van der Waals surface area contributed by atoms with Crippen molar-refractivity contribution >= 4 is 5.91 Å². The summed E-state index contributed by atoms with van der Waals surface area (Å²) in [6.45, 7) is 3.01. The van der Waals surface area contributed by atoms with E-state index in [2.05, 4.69) is 0 Å². The molecule has 4 nitrogen and oxygen atoms in total. The molecule has 2 aromatic carbocycles. The molecule has 26 heavy (non-hydrogen) atoms. The molecule has 0 N–H and O–H groups in total. The zero-order valence-electron chi connectivity index (χ0n) is 14.6. The van der Waals surface area contributed by atoms with Crippen molar-refractivity contribution in [2.75, 3.05) is 19.7 Å². The maximum absolute atomic E-state index is 13.3. The number of halogens is 1. The fraction of sp³-hybridized carbons (Fsp3) is 0.381. The second kappa shape index (κ2) is 7.46. The molecule has 1 fully saturated rings. The predicted octanol–water partition coefficient (Wildman–Crippen LogP) is 3.79. The summed E-state index contributed by atoms with van der Waals surface area (Å²) in [5.41, 5.74) is 2.89. The van der Waals surface area contributed by atoms with Crippen molar-refractivity contribution in [3.8, 4) is 5.75 Å². The molecule has 5 heteroatoms. The zero-order chi connectivity index (χ0) is 17.9. The van der Waals surface area contributed by atoms with Gasteiger partial charge in [0.05, 0.1) is 19.8 Å². The Balaban J connectivity index is 1.40. The molecule has 4 rings (SSSR count). The van der Waals surface area contributed by atoms with Gasteiger partial charge >= 0.3 is 0 Å². The van der Waals surface area contributed by atoms with Crippen LogP contribution >= 0.6 is 0 Å². The Morgan fingerprint density at radius 3 is 3.00 bits per heavy atom. The van der Waals surface area contributed by atoms with Gasteiger partial charge in [0.15, 0.2) is 0 Å². The summed E-state index contributed by atoms with van der Waals surface area (Å²) in [5.74, 6) is 0.557. The van der Waals surface area contributed by atoms with Gasteiger partial charge in [-0.3, -0.25) is 4.79 Å². The topological polar surface area (TPSA) is 38.8 Å². The first-order valence-electron chi connectivity index (χ1n) is 9.07. The number of likely N-dealkylation sites (tertiary alicyclic amines) is 1. The first-order valence-corrected chi connectivity index (χ1v) is 9.07. The van der Waals surface area contributed by atoms with Gasteiger partial charge in [-0.2, -0.15) is 0 Å². The van der Waals surface area contributed by atoms with Crippen molar-refractivity contribution in [3.63, 3.8) is 0 Å². The summed E-state index contributed by atoms with van der Waals surface area (Å²) in [6, 6.07) is 12.0. The maximum Gasteiger partial charge on any atom is 0.254 e. The number of ether oxygens (including phenoxy) is 2. The largest absolute Gasteiger partial charge is 0.493 e. The fourth-order valence-corrected chi connectivity index (χ4v) is 3.73. The minimum Gasteiger partial charge on any atom is -0.493 e. The molecule has 1 saturated heterocycles. The summed E-state index contributed by atoms with van der Waals surface area (Å²) in [5, 5.41) is 0. The lowest BCUT2D eigenvalue weighted by atomic mass is 9.96. The van der Waals surface area contributed by atoms with Crippen molar-refractivity contribution in [1.82, 2.24) is 4.90 Å². The van der Waals surface area contributed by atoms with Gasteiger partial charge in [-0.05, 0) is 42.2 Å². The van der Waals surface area contributed by atoms with E-state index in [-0.39, 0.29) is 17.6 Å². The molecule has 1 atom stereocenters. The molecule has 2 aliphatic heterocycles. The Bertz CT molecular complexity index is 808. The van der Waals surface area contributed by atoms with Crippen LogP contribution in [0.5, 0.6) is 5.75 Å². The Kier molecular flexibility index (Phi) is 4.89. The molecule has 2 aliphatic rings. The number of fused-ring (bicyclic) bond motifs is 1. The van der Waals surface area contributed by atoms with E-state index in [0.717, 1.165) is 36.1 Å². The normalized spacial score (nSPS) is 19.3. The number of hydrogen-bond donors (Lipinski definition) is 0. The van der Waals surface area contributed by atoms with Crippen LogP contribution in [0.2, 0.25) is 0 Å². The molecule has 1 unspecified atom stereocenters. The van der Waals surface area contributed by atoms with Crippen molar-refractivity contribution in [3.05, 3.63) is 65.0 Å². The highest BCUT2D eigenvalue weighted by molar-refractivity contribution is 5.96. The van der Waals surface area contributed by atoms with Crippen LogP contribution in [0.1, 0.15) is 34.3 Å². The molecule has 2 aromatic rings. The Morgan fingerprint density at radius 2 is 2.12 bits per heavy atom. The lowest BCUT2D eigenvalue weighted by molar-refractivity contribution is 0.0629. The highest BCUT2D eigenvalue weighted by atomic mass is 19.1. The number of carbonyl (C=O) groups is 1. The third kappa shape index (κ3) is 3.58. The minimum absolute atomic E-state index is 0.0720. The highest BCUT2D eigenvalue weighted by Gasteiger charge is 2.28. The van der Waals surface area contributed by atoms with E-state index < -0.39 is 0 Å². The van der Waals surface area contributed by atoms with Crippen LogP contribution in [-0.2, 0) is 18.0 Å². The van der Waals surface area contributed by atoms with E-state index in [1.165, 1.54) is 12.1 Å². The Hall–Kier alpha value is -2.40. The number of piperidine rings is 1. The molecular formula is C21H22FNO3. The van der Waals surface area contributed by atoms with E-state index in [9.17, 15) is 9.18 Å². The number of carbonyl (C=O) groups excluding carboxylic acids is 1. The first kappa shape index (κ1) is 17.0. The molecule has 136 valence electrons. The minimum atomic E-state index is -0.303. The summed E-state index contributed by atoms with van der Waals surface area (Å²) in [6.07, 6.45) is 1.96. The second-order valence-corrected chi connectivity index (χ2v) is 6.96. The first-order chi connectivity index (χ1) is 12.7. The molecular weight excluding hydrogens is 333 g/mol. The monoisotopic (exact) mass is 355 g/mol. The van der Waals surface area contributed by atoms with E-state index in [4.69, 9.17) is 9.47 Å². The molecule has 2 heterocycles. The summed E-state index contributed by atoms with van der Waals surface area (Å²) >= 11 is 0. The van der Waals surface area contributed by atoms with Crippen LogP contribution in [0.15, 0.2) is 42.5 Å². The van der Waals surface area contributed by atoms with Crippen molar-refractivity contribution in [2.24, 2.45) is 5.92 Å². The van der Waals surface area contributed by atoms with Gasteiger partial charge in [-0.1, -0.05) is 18.2 Å². The van der Waals surface area contributed by atoms with Crippen molar-refractivity contribution in [2.45, 2.75) is 26.1 Å². The van der Waals surface area contributed by atoms with Crippen LogP contribution in [0.4, 0.5) is 4.39 Å². The van der Waals surface area contributed by atoms with Gasteiger partial charge < -0.3 is 14.4 Å². The predicted molar refractivity (Wildman–Crippen MR) is 95.5 cm³/mol. The van der Waals surface area contributed by atoms with Crippen molar-refractivity contribution < 1.29 is 18.7 Å². The molecule has 1 amide bonds. The lowest BCUT2D eigenvalue weighted by Gasteiger charge is -2.33. The fourth-order valence-electron chi connectivity index (χ4n) is 3.73. The van der Waals surface area contributed by atoms with E-state index in [1.807, 2.05) is 23.1 Å². The van der Waals surface area contributed by atoms with Crippen LogP contribution in [-0.4, -0.2) is 30.5 Å². The summed E-state index contributed by atoms with van der Waals surface area (Å²) in [7, 11) is 0. The Morgan fingerprint density at radius 1 is 1.23 bits per heavy atom. The van der Waals surface area contributed by atoms with Crippen molar-refractivity contribution in [1.29, 1.82) is 0 Å². The molecule has 0 spiro atoms. The van der Waals surface area contributed by atoms with Gasteiger partial charge in [-0.15, -0.1) is 0 Å². The van der Waals surface area contributed by atoms with Crippen LogP contribution in [0.3, 0.4) is 0 Å². The smallest absolute Gasteiger partial charge is 0.254 e. The molecule has 0 radical (unpaired) electrons. The SMILES string of the molecule is O=C(c1cccc2c1COC2)N1CCCC(COc2cccc(F)c2)C1. The van der Waals surface area contributed by atoms with Gasteiger partial charge in [0.1, 0.15) is 11.6 Å². The standard InChI is InChI=1S/C21H22FNO3/c22-17-6-2-7-18(10-17)26-12-15-4-3-9-23(11-15)21(24)19-8-1-5-16-13-25-14-20(16)19/h1-2,5-8,10,15H,3-4,9,11-14H2. The average Bonchev–Trinajstić information content (AvgIpc) is 3.15. The average molecular weight is 355 g/mol. The summed E-state index contributed by atoms with van der Waals surface area (Å²) < 4.78 is 24.5. The van der Waals surface area contributed by atoms with Gasteiger partial charge in [0.25, 0.3) is 5.91 Å². The summed E-state index contributed by atoms with van der Waals surface area (Å²) in [4.78, 5) is 14.9. The van der Waals surface area contributed by atoms with E-state index >= 15 is 0 Å². The third-order valence-electron chi connectivity index (χ3n) is 5.10. The van der Waals surface area contributed by atoms with Crippen LogP contribution in [0.25, 0.3) is 0 Å². The van der Waals surface area contributed by atoms with Gasteiger partial charge in [0, 0.05) is 30.6 Å². The number of amides is 1. The van der Waals surface area contributed by atoms with Crippen LogP contribution in [0, 0.1) is 11.7 Å². The third-order valence-corrected chi connectivity index (χ3v) is 5.10. The second-order valence-electron chi connectivity index (χ2n) is 6.96. The van der Waals surface area contributed by atoms with E-state index in [0.29, 0.717) is 32.1 Å². The number of nitrogens with zero attached hydrogens (tertiary/aromatic N) is 1. The quantitative estimate of drug-likeness (QED) is 0.838. The van der Waals surface area contributed by atoms with E-state index in [1.54, 1.807) is 12.1 Å². The molecule has 0 saturated carbocycles. The zero-order valence-corrected chi connectivity index (χ0v) is 14.6. The number of benzene rings is 2. The molecule has 0 aromatic heterocycles. The molecule has 0 bridgehead atoms. The van der Waals surface area contributed by atoms with Gasteiger partial charge in [-0.25, -0.2) is 4.39 Å². The van der Waals surface area contributed by atoms with Gasteiger partial charge in [0.2, 0.25) is 0 Å².